The van der Waals surface area contributed by atoms with Crippen molar-refractivity contribution >= 4 is 34.9 Å². The minimum absolute atomic E-state index is 0.0675. The van der Waals surface area contributed by atoms with E-state index in [0.29, 0.717) is 28.4 Å². The van der Waals surface area contributed by atoms with Crippen LogP contribution in [-0.4, -0.2) is 35.9 Å². The second-order valence-corrected chi connectivity index (χ2v) is 6.44. The Morgan fingerprint density at radius 2 is 2.12 bits per heavy atom. The molecule has 1 aliphatic rings. The molecule has 126 valence electrons. The molecule has 5 nitrogen and oxygen atoms in total. The number of carbonyl (C=O) groups is 2. The second kappa shape index (κ2) is 7.38. The third kappa shape index (κ3) is 3.80. The summed E-state index contributed by atoms with van der Waals surface area (Å²) in [4.78, 5) is 27.4. The normalized spacial score (nSPS) is 17.0. The van der Waals surface area contributed by atoms with Crippen molar-refractivity contribution in [3.05, 3.63) is 57.3 Å². The van der Waals surface area contributed by atoms with Gasteiger partial charge in [-0.2, -0.15) is 0 Å². The van der Waals surface area contributed by atoms with Gasteiger partial charge >= 0.3 is 0 Å². The van der Waals surface area contributed by atoms with Gasteiger partial charge in [-0.1, -0.05) is 23.2 Å². The van der Waals surface area contributed by atoms with E-state index in [0.717, 1.165) is 19.4 Å². The molecule has 1 amide bonds. The fourth-order valence-electron chi connectivity index (χ4n) is 2.59. The Kier molecular flexibility index (Phi) is 5.23. The van der Waals surface area contributed by atoms with Crippen LogP contribution >= 0.6 is 23.2 Å². The summed E-state index contributed by atoms with van der Waals surface area (Å²) in [6.07, 6.45) is 3.53. The van der Waals surface area contributed by atoms with Crippen LogP contribution in [0.15, 0.2) is 30.5 Å². The van der Waals surface area contributed by atoms with E-state index in [-0.39, 0.29) is 22.8 Å². The van der Waals surface area contributed by atoms with Crippen LogP contribution in [0.4, 0.5) is 0 Å². The fourth-order valence-corrected chi connectivity index (χ4v) is 3.09. The number of nitrogens with one attached hydrogen (secondary N) is 2. The van der Waals surface area contributed by atoms with Crippen LogP contribution in [0.3, 0.4) is 0 Å². The number of ketones is 1. The van der Waals surface area contributed by atoms with Crippen LogP contribution < -0.4 is 5.32 Å². The molecule has 2 heterocycles. The zero-order valence-corrected chi connectivity index (χ0v) is 14.3. The molecule has 0 spiro atoms. The lowest BCUT2D eigenvalue weighted by molar-refractivity contribution is 0.0854. The Morgan fingerprint density at radius 1 is 1.29 bits per heavy atom. The van der Waals surface area contributed by atoms with E-state index in [9.17, 15) is 9.59 Å². The molecule has 7 heteroatoms. The van der Waals surface area contributed by atoms with Crippen molar-refractivity contribution < 1.29 is 14.3 Å². The van der Waals surface area contributed by atoms with Crippen molar-refractivity contribution in [3.63, 3.8) is 0 Å². The summed E-state index contributed by atoms with van der Waals surface area (Å²) >= 11 is 11.9. The van der Waals surface area contributed by atoms with Gasteiger partial charge < -0.3 is 15.0 Å². The molecule has 0 saturated carbocycles. The number of aromatic nitrogens is 1. The number of halogens is 2. The average molecular weight is 367 g/mol. The third-order valence-corrected chi connectivity index (χ3v) is 4.43. The van der Waals surface area contributed by atoms with Gasteiger partial charge in [-0.25, -0.2) is 0 Å². The van der Waals surface area contributed by atoms with Crippen LogP contribution in [-0.2, 0) is 4.74 Å². The molecule has 2 aromatic rings. The van der Waals surface area contributed by atoms with E-state index in [2.05, 4.69) is 10.3 Å². The average Bonchev–Trinajstić information content (AvgIpc) is 3.23. The van der Waals surface area contributed by atoms with Crippen molar-refractivity contribution in [1.82, 2.24) is 10.3 Å². The standard InChI is InChI=1S/C17H16Cl2N2O3/c18-11-3-4-13(14(19)7-11)16(22)10-6-15(20-8-10)17(23)21-9-12-2-1-5-24-12/h3-4,6-8,12,20H,1-2,5,9H2,(H,21,23)/t12-/m1/s1. The van der Waals surface area contributed by atoms with Gasteiger partial charge in [0.25, 0.3) is 5.91 Å². The van der Waals surface area contributed by atoms with Gasteiger partial charge in [0.1, 0.15) is 5.69 Å². The molecule has 0 unspecified atom stereocenters. The Labute approximate surface area is 149 Å². The molecule has 3 rings (SSSR count). The summed E-state index contributed by atoms with van der Waals surface area (Å²) in [7, 11) is 0. The van der Waals surface area contributed by atoms with Crippen molar-refractivity contribution in [2.24, 2.45) is 0 Å². The number of aromatic amines is 1. The van der Waals surface area contributed by atoms with Gasteiger partial charge in [0.15, 0.2) is 5.78 Å². The minimum atomic E-state index is -0.272. The first kappa shape index (κ1) is 17.0. The number of hydrogen-bond donors (Lipinski definition) is 2. The molecule has 24 heavy (non-hydrogen) atoms. The lowest BCUT2D eigenvalue weighted by Gasteiger charge is -2.09. The van der Waals surface area contributed by atoms with Crippen molar-refractivity contribution in [2.45, 2.75) is 18.9 Å². The van der Waals surface area contributed by atoms with Crippen LogP contribution in [0.1, 0.15) is 39.3 Å². The van der Waals surface area contributed by atoms with Gasteiger partial charge in [0, 0.05) is 35.5 Å². The smallest absolute Gasteiger partial charge is 0.267 e. The van der Waals surface area contributed by atoms with Gasteiger partial charge in [0.05, 0.1) is 11.1 Å². The largest absolute Gasteiger partial charge is 0.376 e. The fraction of sp³-hybridized carbons (Fsp3) is 0.294. The van der Waals surface area contributed by atoms with E-state index in [1.54, 1.807) is 12.1 Å². The number of carbonyl (C=O) groups excluding carboxylic acids is 2. The number of H-pyrrole nitrogens is 1. The molecule has 2 N–H and O–H groups in total. The van der Waals surface area contributed by atoms with E-state index >= 15 is 0 Å². The van der Waals surface area contributed by atoms with E-state index in [1.165, 1.54) is 18.3 Å². The zero-order valence-electron chi connectivity index (χ0n) is 12.8. The first-order valence-corrected chi connectivity index (χ1v) is 8.38. The Bertz CT molecular complexity index is 767. The SMILES string of the molecule is O=C(NC[C@H]1CCCO1)c1cc(C(=O)c2ccc(Cl)cc2Cl)c[nH]1. The third-order valence-electron chi connectivity index (χ3n) is 3.88. The molecular formula is C17H16Cl2N2O3. The molecule has 1 atom stereocenters. The Balaban J connectivity index is 1.67. The van der Waals surface area contributed by atoms with Crippen LogP contribution in [0.25, 0.3) is 0 Å². The van der Waals surface area contributed by atoms with E-state index in [1.807, 2.05) is 0 Å². The summed E-state index contributed by atoms with van der Waals surface area (Å²) in [6.45, 7) is 1.20. The van der Waals surface area contributed by atoms with Crippen LogP contribution in [0, 0.1) is 0 Å². The molecular weight excluding hydrogens is 351 g/mol. The molecule has 0 aliphatic carbocycles. The highest BCUT2D eigenvalue weighted by atomic mass is 35.5. The number of benzene rings is 1. The number of rotatable bonds is 5. The van der Waals surface area contributed by atoms with E-state index < -0.39 is 0 Å². The molecule has 1 aliphatic heterocycles. The number of ether oxygens (including phenoxy) is 1. The Morgan fingerprint density at radius 3 is 2.83 bits per heavy atom. The van der Waals surface area contributed by atoms with E-state index in [4.69, 9.17) is 27.9 Å². The maximum Gasteiger partial charge on any atom is 0.267 e. The molecule has 0 bridgehead atoms. The number of hydrogen-bond acceptors (Lipinski definition) is 3. The highest BCUT2D eigenvalue weighted by Crippen LogP contribution is 2.23. The summed E-state index contributed by atoms with van der Waals surface area (Å²) in [6, 6.07) is 6.19. The maximum atomic E-state index is 12.5. The highest BCUT2D eigenvalue weighted by Gasteiger charge is 2.19. The molecule has 1 fully saturated rings. The van der Waals surface area contributed by atoms with Crippen molar-refractivity contribution in [2.75, 3.05) is 13.2 Å². The zero-order chi connectivity index (χ0) is 17.1. The predicted octanol–water partition coefficient (Wildman–Crippen LogP) is 3.46. The predicted molar refractivity (Wildman–Crippen MR) is 92.0 cm³/mol. The van der Waals surface area contributed by atoms with Crippen molar-refractivity contribution in [1.29, 1.82) is 0 Å². The lowest BCUT2D eigenvalue weighted by atomic mass is 10.1. The molecule has 1 aromatic heterocycles. The lowest BCUT2D eigenvalue weighted by Crippen LogP contribution is -2.31. The molecule has 1 saturated heterocycles. The second-order valence-electron chi connectivity index (χ2n) is 5.60. The summed E-state index contributed by atoms with van der Waals surface area (Å²) in [5.74, 6) is -0.544. The van der Waals surface area contributed by atoms with Gasteiger partial charge in [-0.05, 0) is 37.1 Å². The summed E-state index contributed by atoms with van der Waals surface area (Å²) in [5.41, 5.74) is 1.02. The quantitative estimate of drug-likeness (QED) is 0.795. The highest BCUT2D eigenvalue weighted by molar-refractivity contribution is 6.37. The Hall–Kier alpha value is -1.82. The maximum absolute atomic E-state index is 12.5. The van der Waals surface area contributed by atoms with Gasteiger partial charge in [-0.15, -0.1) is 0 Å². The first-order valence-electron chi connectivity index (χ1n) is 7.62. The van der Waals surface area contributed by atoms with Crippen LogP contribution in [0.5, 0.6) is 0 Å². The topological polar surface area (TPSA) is 71.2 Å². The summed E-state index contributed by atoms with van der Waals surface area (Å²) in [5, 5.41) is 3.54. The minimum Gasteiger partial charge on any atom is -0.376 e. The van der Waals surface area contributed by atoms with Crippen molar-refractivity contribution in [3.8, 4) is 0 Å². The monoisotopic (exact) mass is 366 g/mol. The molecule has 0 radical (unpaired) electrons. The number of amides is 1. The first-order chi connectivity index (χ1) is 11.5. The summed E-state index contributed by atoms with van der Waals surface area (Å²) < 4.78 is 5.46. The van der Waals surface area contributed by atoms with Gasteiger partial charge in [0.2, 0.25) is 0 Å². The van der Waals surface area contributed by atoms with Crippen LogP contribution in [0.2, 0.25) is 10.0 Å². The van der Waals surface area contributed by atoms with Gasteiger partial charge in [-0.3, -0.25) is 9.59 Å². The molecule has 1 aromatic carbocycles.